The van der Waals surface area contributed by atoms with Crippen LogP contribution in [0.2, 0.25) is 0 Å². The average Bonchev–Trinajstić information content (AvgIpc) is 2.75. The fraction of sp³-hybridized carbons (Fsp3) is 0.333. The maximum atomic E-state index is 11.9. The lowest BCUT2D eigenvalue weighted by Crippen LogP contribution is -2.20. The lowest BCUT2D eigenvalue weighted by Gasteiger charge is -2.16. The molecule has 7 heteroatoms. The SMILES string of the molecule is CNC(=O)c1nn(C)c2c1CCc1cnc(I)nc1-2. The van der Waals surface area contributed by atoms with Crippen LogP contribution in [0.1, 0.15) is 21.6 Å². The first-order valence-corrected chi connectivity index (χ1v) is 6.99. The standard InChI is InChI=1S/C12H12IN5O/c1-14-11(19)9-7-4-3-6-5-15-12(13)16-8(6)10(7)18(2)17-9/h5H,3-4H2,1-2H3,(H,14,19). The Labute approximate surface area is 123 Å². The second kappa shape index (κ2) is 4.55. The first-order valence-electron chi connectivity index (χ1n) is 5.91. The fourth-order valence-electron chi connectivity index (χ4n) is 2.43. The number of rotatable bonds is 1. The molecule has 0 saturated carbocycles. The summed E-state index contributed by atoms with van der Waals surface area (Å²) in [5.74, 6) is -0.149. The largest absolute Gasteiger partial charge is 0.354 e. The topological polar surface area (TPSA) is 72.7 Å². The number of aryl methyl sites for hydroxylation is 2. The molecule has 0 bridgehead atoms. The summed E-state index contributed by atoms with van der Waals surface area (Å²) in [7, 11) is 3.46. The van der Waals surface area contributed by atoms with Crippen molar-refractivity contribution in [3.05, 3.63) is 26.8 Å². The molecule has 0 fully saturated rings. The summed E-state index contributed by atoms with van der Waals surface area (Å²) in [5.41, 5.74) is 4.41. The van der Waals surface area contributed by atoms with Crippen molar-refractivity contribution in [3.63, 3.8) is 0 Å². The number of carbonyl (C=O) groups excluding carboxylic acids is 1. The van der Waals surface area contributed by atoms with Crippen molar-refractivity contribution in [2.45, 2.75) is 12.8 Å². The highest BCUT2D eigenvalue weighted by Gasteiger charge is 2.28. The molecule has 6 nitrogen and oxygen atoms in total. The van der Waals surface area contributed by atoms with Gasteiger partial charge in [0.15, 0.2) is 9.53 Å². The first-order chi connectivity index (χ1) is 9.11. The van der Waals surface area contributed by atoms with Crippen LogP contribution in [0.5, 0.6) is 0 Å². The van der Waals surface area contributed by atoms with Gasteiger partial charge in [-0.25, -0.2) is 9.97 Å². The van der Waals surface area contributed by atoms with Crippen LogP contribution in [0.15, 0.2) is 6.20 Å². The van der Waals surface area contributed by atoms with E-state index in [-0.39, 0.29) is 5.91 Å². The van der Waals surface area contributed by atoms with E-state index in [9.17, 15) is 4.79 Å². The predicted molar refractivity (Wildman–Crippen MR) is 77.7 cm³/mol. The Morgan fingerprint density at radius 2 is 2.26 bits per heavy atom. The molecule has 0 aliphatic heterocycles. The molecule has 0 unspecified atom stereocenters. The zero-order valence-electron chi connectivity index (χ0n) is 10.6. The maximum absolute atomic E-state index is 11.9. The summed E-state index contributed by atoms with van der Waals surface area (Å²) < 4.78 is 2.44. The third-order valence-electron chi connectivity index (χ3n) is 3.29. The van der Waals surface area contributed by atoms with E-state index in [0.717, 1.165) is 35.4 Å². The molecule has 0 atom stereocenters. The Bertz CT molecular complexity index is 679. The molecule has 0 saturated heterocycles. The summed E-state index contributed by atoms with van der Waals surface area (Å²) in [6.07, 6.45) is 3.50. The van der Waals surface area contributed by atoms with Gasteiger partial charge >= 0.3 is 0 Å². The molecule has 0 spiro atoms. The third kappa shape index (κ3) is 1.92. The van der Waals surface area contributed by atoms with E-state index in [0.29, 0.717) is 9.53 Å². The van der Waals surface area contributed by atoms with Crippen LogP contribution in [0.3, 0.4) is 0 Å². The monoisotopic (exact) mass is 369 g/mol. The van der Waals surface area contributed by atoms with Gasteiger partial charge in [-0.15, -0.1) is 0 Å². The lowest BCUT2D eigenvalue weighted by molar-refractivity contribution is 0.0956. The van der Waals surface area contributed by atoms with E-state index in [2.05, 4.69) is 43.0 Å². The minimum Gasteiger partial charge on any atom is -0.354 e. The average molecular weight is 369 g/mol. The van der Waals surface area contributed by atoms with Gasteiger partial charge in [0.2, 0.25) is 0 Å². The summed E-state index contributed by atoms with van der Waals surface area (Å²) in [5, 5.41) is 6.96. The number of nitrogens with zero attached hydrogens (tertiary/aromatic N) is 4. The van der Waals surface area contributed by atoms with Crippen molar-refractivity contribution in [2.75, 3.05) is 7.05 Å². The highest BCUT2D eigenvalue weighted by atomic mass is 127. The number of hydrogen-bond donors (Lipinski definition) is 1. The van der Waals surface area contributed by atoms with E-state index in [1.54, 1.807) is 11.7 Å². The van der Waals surface area contributed by atoms with E-state index < -0.39 is 0 Å². The van der Waals surface area contributed by atoms with Crippen molar-refractivity contribution in [2.24, 2.45) is 7.05 Å². The number of amides is 1. The van der Waals surface area contributed by atoms with Crippen molar-refractivity contribution >= 4 is 28.5 Å². The number of fused-ring (bicyclic) bond motifs is 3. The predicted octanol–water partition coefficient (Wildman–Crippen LogP) is 0.940. The minimum atomic E-state index is -0.149. The zero-order chi connectivity index (χ0) is 13.6. The summed E-state index contributed by atoms with van der Waals surface area (Å²) in [6.45, 7) is 0. The summed E-state index contributed by atoms with van der Waals surface area (Å²) >= 11 is 2.09. The molecule has 2 aromatic heterocycles. The molecule has 1 aliphatic rings. The zero-order valence-corrected chi connectivity index (χ0v) is 12.7. The van der Waals surface area contributed by atoms with Gasteiger partial charge in [0, 0.05) is 48.4 Å². The molecule has 19 heavy (non-hydrogen) atoms. The molecule has 2 heterocycles. The highest BCUT2D eigenvalue weighted by molar-refractivity contribution is 14.1. The van der Waals surface area contributed by atoms with Gasteiger partial charge in [0.25, 0.3) is 5.91 Å². The van der Waals surface area contributed by atoms with Crippen LogP contribution < -0.4 is 5.32 Å². The third-order valence-corrected chi connectivity index (χ3v) is 3.81. The normalized spacial score (nSPS) is 12.8. The van der Waals surface area contributed by atoms with Gasteiger partial charge in [0.1, 0.15) is 0 Å². The van der Waals surface area contributed by atoms with Crippen molar-refractivity contribution in [1.82, 2.24) is 25.1 Å². The molecule has 3 rings (SSSR count). The van der Waals surface area contributed by atoms with Crippen LogP contribution in [0.4, 0.5) is 0 Å². The molecule has 98 valence electrons. The Hall–Kier alpha value is -1.51. The van der Waals surface area contributed by atoms with Gasteiger partial charge in [0.05, 0.1) is 11.4 Å². The Morgan fingerprint density at radius 1 is 1.47 bits per heavy atom. The second-order valence-electron chi connectivity index (χ2n) is 4.39. The number of carbonyl (C=O) groups is 1. The minimum absolute atomic E-state index is 0.149. The molecule has 0 radical (unpaired) electrons. The van der Waals surface area contributed by atoms with E-state index in [1.165, 1.54) is 0 Å². The number of aromatic nitrogens is 4. The number of hydrogen-bond acceptors (Lipinski definition) is 4. The number of nitrogens with one attached hydrogen (secondary N) is 1. The van der Waals surface area contributed by atoms with Gasteiger partial charge in [-0.2, -0.15) is 5.10 Å². The van der Waals surface area contributed by atoms with Crippen molar-refractivity contribution in [3.8, 4) is 11.4 Å². The van der Waals surface area contributed by atoms with Gasteiger partial charge < -0.3 is 5.32 Å². The lowest BCUT2D eigenvalue weighted by atomic mass is 9.93. The Morgan fingerprint density at radius 3 is 3.00 bits per heavy atom. The van der Waals surface area contributed by atoms with Crippen LogP contribution >= 0.6 is 22.6 Å². The quantitative estimate of drug-likeness (QED) is 0.600. The van der Waals surface area contributed by atoms with Crippen LogP contribution in [-0.4, -0.2) is 32.7 Å². The maximum Gasteiger partial charge on any atom is 0.271 e. The molecular weight excluding hydrogens is 357 g/mol. The first kappa shape index (κ1) is 12.5. The highest BCUT2D eigenvalue weighted by Crippen LogP contribution is 2.33. The number of halogens is 1. The molecular formula is C12H12IN5O. The van der Waals surface area contributed by atoms with E-state index in [1.807, 2.05) is 13.2 Å². The second-order valence-corrected chi connectivity index (χ2v) is 5.36. The fourth-order valence-corrected chi connectivity index (χ4v) is 2.82. The van der Waals surface area contributed by atoms with Gasteiger partial charge in [-0.3, -0.25) is 9.48 Å². The Kier molecular flexibility index (Phi) is 3.00. The van der Waals surface area contributed by atoms with Crippen LogP contribution in [0, 0.1) is 3.83 Å². The Balaban J connectivity index is 2.24. The molecule has 0 aromatic carbocycles. The van der Waals surface area contributed by atoms with Gasteiger partial charge in [-0.05, 0) is 18.4 Å². The van der Waals surface area contributed by atoms with Crippen LogP contribution in [0.25, 0.3) is 11.4 Å². The summed E-state index contributed by atoms with van der Waals surface area (Å²) in [6, 6.07) is 0. The molecule has 1 N–H and O–H groups in total. The van der Waals surface area contributed by atoms with E-state index in [4.69, 9.17) is 0 Å². The smallest absolute Gasteiger partial charge is 0.271 e. The molecule has 1 aliphatic carbocycles. The van der Waals surface area contributed by atoms with Crippen molar-refractivity contribution in [1.29, 1.82) is 0 Å². The molecule has 2 aromatic rings. The summed E-state index contributed by atoms with van der Waals surface area (Å²) in [4.78, 5) is 20.6. The van der Waals surface area contributed by atoms with Crippen LogP contribution in [-0.2, 0) is 19.9 Å². The van der Waals surface area contributed by atoms with E-state index >= 15 is 0 Å². The van der Waals surface area contributed by atoms with Gasteiger partial charge in [-0.1, -0.05) is 0 Å². The van der Waals surface area contributed by atoms with Crippen molar-refractivity contribution < 1.29 is 4.79 Å². The molecule has 1 amide bonds.